The molecule has 10 heteroatoms. The summed E-state index contributed by atoms with van der Waals surface area (Å²) in [6.45, 7) is 0.117. The molecule has 8 nitrogen and oxygen atoms in total. The number of hydrogen-bond acceptors (Lipinski definition) is 4. The van der Waals surface area contributed by atoms with Crippen LogP contribution in [0.25, 0.3) is 0 Å². The van der Waals surface area contributed by atoms with Crippen molar-refractivity contribution in [3.05, 3.63) is 80.4 Å². The van der Waals surface area contributed by atoms with Crippen LogP contribution in [0.15, 0.2) is 53.3 Å². The maximum Gasteiger partial charge on any atom is 0.354 e. The van der Waals surface area contributed by atoms with Gasteiger partial charge in [0.2, 0.25) is 5.91 Å². The molecule has 1 N–H and O–H groups in total. The van der Waals surface area contributed by atoms with Crippen LogP contribution in [0.5, 0.6) is 0 Å². The van der Waals surface area contributed by atoms with Crippen LogP contribution in [-0.4, -0.2) is 26.3 Å². The summed E-state index contributed by atoms with van der Waals surface area (Å²) in [5.41, 5.74) is 0.786. The van der Waals surface area contributed by atoms with Gasteiger partial charge in [-0.1, -0.05) is 35.3 Å². The molecule has 0 saturated carbocycles. The second-order valence-corrected chi connectivity index (χ2v) is 7.32. The van der Waals surface area contributed by atoms with Crippen molar-refractivity contribution >= 4 is 40.8 Å². The third-order valence-electron chi connectivity index (χ3n) is 4.44. The van der Waals surface area contributed by atoms with Gasteiger partial charge in [-0.3, -0.25) is 9.69 Å². The van der Waals surface area contributed by atoms with Crippen molar-refractivity contribution in [1.82, 2.24) is 19.7 Å². The lowest BCUT2D eigenvalue weighted by Crippen LogP contribution is -2.37. The summed E-state index contributed by atoms with van der Waals surface area (Å²) in [6.07, 6.45) is 0. The van der Waals surface area contributed by atoms with E-state index in [-0.39, 0.29) is 25.5 Å². The molecule has 0 unspecified atom stereocenters. The van der Waals surface area contributed by atoms with E-state index in [2.05, 4.69) is 10.4 Å². The zero-order chi connectivity index (χ0) is 20.5. The summed E-state index contributed by atoms with van der Waals surface area (Å²) in [7, 11) is 0. The largest absolute Gasteiger partial charge is 0.354 e. The van der Waals surface area contributed by atoms with Gasteiger partial charge in [0.25, 0.3) is 0 Å². The van der Waals surface area contributed by atoms with Gasteiger partial charge in [0.15, 0.2) is 5.82 Å². The molecule has 2 amide bonds. The molecule has 1 aliphatic heterocycles. The van der Waals surface area contributed by atoms with Crippen molar-refractivity contribution in [2.24, 2.45) is 0 Å². The summed E-state index contributed by atoms with van der Waals surface area (Å²) in [5, 5.41) is 7.96. The van der Waals surface area contributed by atoms with E-state index in [0.717, 1.165) is 14.8 Å². The predicted octanol–water partition coefficient (Wildman–Crippen LogP) is 2.66. The van der Waals surface area contributed by atoms with Crippen LogP contribution in [0.1, 0.15) is 11.4 Å². The molecular formula is C19H15Cl2N5O3. The first-order chi connectivity index (χ1) is 13.9. The van der Waals surface area contributed by atoms with E-state index in [1.165, 1.54) is 4.90 Å². The Morgan fingerprint density at radius 3 is 2.52 bits per heavy atom. The van der Waals surface area contributed by atoms with Gasteiger partial charge in [0, 0.05) is 22.3 Å². The van der Waals surface area contributed by atoms with Crippen LogP contribution in [0, 0.1) is 0 Å². The molecule has 2 aromatic carbocycles. The maximum atomic E-state index is 12.6. The Kier molecular flexibility index (Phi) is 5.12. The van der Waals surface area contributed by atoms with Gasteiger partial charge in [-0.2, -0.15) is 9.67 Å². The molecule has 148 valence electrons. The number of carbonyl (C=O) groups excluding carboxylic acids is 2. The molecule has 0 radical (unpaired) electrons. The number of hydrogen-bond donors (Lipinski definition) is 1. The lowest BCUT2D eigenvalue weighted by Gasteiger charge is -2.14. The number of benzene rings is 2. The van der Waals surface area contributed by atoms with Gasteiger partial charge < -0.3 is 5.32 Å². The fourth-order valence-electron chi connectivity index (χ4n) is 3.04. The molecule has 3 aromatic rings. The lowest BCUT2D eigenvalue weighted by molar-refractivity contribution is -0.122. The molecule has 1 aromatic heterocycles. The fourth-order valence-corrected chi connectivity index (χ4v) is 3.38. The minimum atomic E-state index is -0.653. The number of nitrogens with one attached hydrogen (secondary N) is 1. The number of anilines is 1. The Balaban J connectivity index is 1.44. The summed E-state index contributed by atoms with van der Waals surface area (Å²) in [5.74, 6) is -0.122. The molecular weight excluding hydrogens is 417 g/mol. The van der Waals surface area contributed by atoms with Crippen molar-refractivity contribution in [1.29, 1.82) is 0 Å². The van der Waals surface area contributed by atoms with Gasteiger partial charge in [-0.25, -0.2) is 14.3 Å². The summed E-state index contributed by atoms with van der Waals surface area (Å²) in [6, 6.07) is 13.3. The normalized spacial score (nSPS) is 12.9. The molecule has 1 aliphatic rings. The quantitative estimate of drug-likeness (QED) is 0.672. The highest BCUT2D eigenvalue weighted by molar-refractivity contribution is 6.30. The topological polar surface area (TPSA) is 89.2 Å². The van der Waals surface area contributed by atoms with E-state index < -0.39 is 17.6 Å². The van der Waals surface area contributed by atoms with Gasteiger partial charge >= 0.3 is 11.7 Å². The Morgan fingerprint density at radius 1 is 1.07 bits per heavy atom. The molecule has 4 rings (SSSR count). The minimum absolute atomic E-state index is 0.132. The fraction of sp³-hybridized carbons (Fsp3) is 0.158. The van der Waals surface area contributed by atoms with Crippen LogP contribution >= 0.6 is 23.2 Å². The first-order valence-corrected chi connectivity index (χ1v) is 9.45. The standard InChI is InChI=1S/C19H15Cl2N5O3/c20-13-4-6-15(7-5-13)24-10-16-23-25(19(29)26(16)18(24)28)11-17(27)22-9-12-2-1-3-14(21)8-12/h1-8H,9-11H2,(H,22,27). The van der Waals surface area contributed by atoms with Crippen molar-refractivity contribution in [3.63, 3.8) is 0 Å². The average molecular weight is 432 g/mol. The number of fused-ring (bicyclic) bond motifs is 1. The van der Waals surface area contributed by atoms with Gasteiger partial charge in [-0.15, -0.1) is 0 Å². The Hall–Kier alpha value is -3.10. The lowest BCUT2D eigenvalue weighted by atomic mass is 10.2. The Bertz CT molecular complexity index is 1150. The van der Waals surface area contributed by atoms with Crippen LogP contribution in [-0.2, 0) is 24.4 Å². The highest BCUT2D eigenvalue weighted by Gasteiger charge is 2.33. The van der Waals surface area contributed by atoms with E-state index in [9.17, 15) is 14.4 Å². The summed E-state index contributed by atoms with van der Waals surface area (Å²) >= 11 is 11.8. The summed E-state index contributed by atoms with van der Waals surface area (Å²) in [4.78, 5) is 38.8. The third kappa shape index (κ3) is 3.90. The van der Waals surface area contributed by atoms with E-state index in [0.29, 0.717) is 15.7 Å². The van der Waals surface area contributed by atoms with Crippen molar-refractivity contribution < 1.29 is 9.59 Å². The average Bonchev–Trinajstić information content (AvgIpc) is 3.17. The van der Waals surface area contributed by atoms with E-state index in [1.807, 2.05) is 6.07 Å². The molecule has 0 bridgehead atoms. The minimum Gasteiger partial charge on any atom is -0.350 e. The van der Waals surface area contributed by atoms with Crippen LogP contribution in [0.2, 0.25) is 10.0 Å². The second-order valence-electron chi connectivity index (χ2n) is 6.44. The molecule has 0 fully saturated rings. The van der Waals surface area contributed by atoms with Crippen LogP contribution in [0.3, 0.4) is 0 Å². The highest BCUT2D eigenvalue weighted by atomic mass is 35.5. The number of aromatic nitrogens is 3. The third-order valence-corrected chi connectivity index (χ3v) is 4.93. The van der Waals surface area contributed by atoms with Crippen LogP contribution in [0.4, 0.5) is 10.5 Å². The van der Waals surface area contributed by atoms with Crippen LogP contribution < -0.4 is 15.9 Å². The molecule has 0 spiro atoms. The molecule has 0 saturated heterocycles. The van der Waals surface area contributed by atoms with Gasteiger partial charge in [0.05, 0.1) is 6.54 Å². The SMILES string of the molecule is O=C(Cn1nc2n(c1=O)C(=O)N(c1ccc(Cl)cc1)C2)NCc1cccc(Cl)c1. The van der Waals surface area contributed by atoms with Gasteiger partial charge in [-0.05, 0) is 42.0 Å². The first kappa shape index (κ1) is 19.2. The number of rotatable bonds is 5. The van der Waals surface area contributed by atoms with E-state index >= 15 is 0 Å². The number of halogens is 2. The molecule has 0 atom stereocenters. The molecule has 0 aliphatic carbocycles. The number of nitrogens with zero attached hydrogens (tertiary/aromatic N) is 4. The Labute approximate surface area is 175 Å². The monoisotopic (exact) mass is 431 g/mol. The van der Waals surface area contributed by atoms with E-state index in [4.69, 9.17) is 23.2 Å². The maximum absolute atomic E-state index is 12.6. The second kappa shape index (κ2) is 7.73. The Morgan fingerprint density at radius 2 is 1.83 bits per heavy atom. The number of carbonyl (C=O) groups is 2. The van der Waals surface area contributed by atoms with Crippen molar-refractivity contribution in [2.75, 3.05) is 4.90 Å². The first-order valence-electron chi connectivity index (χ1n) is 8.69. The summed E-state index contributed by atoms with van der Waals surface area (Å²) < 4.78 is 1.96. The predicted molar refractivity (Wildman–Crippen MR) is 108 cm³/mol. The van der Waals surface area contributed by atoms with Gasteiger partial charge in [0.1, 0.15) is 6.54 Å². The zero-order valence-corrected chi connectivity index (χ0v) is 16.5. The van der Waals surface area contributed by atoms with Crippen molar-refractivity contribution in [3.8, 4) is 0 Å². The highest BCUT2D eigenvalue weighted by Crippen LogP contribution is 2.23. The molecule has 2 heterocycles. The smallest absolute Gasteiger partial charge is 0.350 e. The number of amides is 2. The van der Waals surface area contributed by atoms with Crippen molar-refractivity contribution in [2.45, 2.75) is 19.6 Å². The molecule has 29 heavy (non-hydrogen) atoms. The van der Waals surface area contributed by atoms with E-state index in [1.54, 1.807) is 42.5 Å². The zero-order valence-electron chi connectivity index (χ0n) is 15.0.